The molecule has 0 heterocycles. The first-order chi connectivity index (χ1) is 8.67. The van der Waals surface area contributed by atoms with Crippen molar-refractivity contribution >= 4 is 0 Å². The second-order valence-corrected chi connectivity index (χ2v) is 3.74. The van der Waals surface area contributed by atoms with Crippen LogP contribution in [-0.2, 0) is 28.1 Å². The quantitative estimate of drug-likeness (QED) is 0.578. The molecule has 0 fully saturated rings. The van der Waals surface area contributed by atoms with Crippen molar-refractivity contribution in [3.63, 3.8) is 0 Å². The first kappa shape index (κ1) is 27.3. The summed E-state index contributed by atoms with van der Waals surface area (Å²) in [6.07, 6.45) is 3.87. The Balaban J connectivity index is -0.0000000956. The van der Waals surface area contributed by atoms with Crippen LogP contribution in [-0.4, -0.2) is 42.3 Å². The molecule has 0 saturated heterocycles. The van der Waals surface area contributed by atoms with Gasteiger partial charge >= 0.3 is 21.7 Å². The largest absolute Gasteiger partial charge is 4.00 e. The molecule has 4 heteroatoms. The summed E-state index contributed by atoms with van der Waals surface area (Å²) < 4.78 is 0. The zero-order valence-electron chi connectivity index (χ0n) is 13.8. The van der Waals surface area contributed by atoms with Gasteiger partial charge in [0.25, 0.3) is 0 Å². The molecule has 1 aromatic carbocycles. The van der Waals surface area contributed by atoms with Gasteiger partial charge in [0.05, 0.1) is 0 Å². The van der Waals surface area contributed by atoms with Gasteiger partial charge in [0, 0.05) is 0 Å². The molecule has 0 radical (unpaired) electrons. The van der Waals surface area contributed by atoms with Gasteiger partial charge in [-0.1, -0.05) is 26.2 Å². The van der Waals surface area contributed by atoms with Gasteiger partial charge in [0.2, 0.25) is 0 Å². The van der Waals surface area contributed by atoms with Crippen molar-refractivity contribution in [2.45, 2.75) is 26.2 Å². The van der Waals surface area contributed by atoms with Crippen molar-refractivity contribution in [2.75, 3.05) is 42.3 Å². The summed E-state index contributed by atoms with van der Waals surface area (Å²) in [5.41, 5.74) is 1.48. The molecule has 0 spiro atoms. The molecule has 19 heavy (non-hydrogen) atoms. The molecule has 0 saturated carbocycles. The van der Waals surface area contributed by atoms with Crippen molar-refractivity contribution in [3.05, 3.63) is 45.8 Å². The minimum atomic E-state index is 0. The fraction of sp³-hybridized carbons (Fsp3) is 0.667. The average Bonchev–Trinajstić information content (AvgIpc) is 2.82. The third kappa shape index (κ3) is 38.1. The monoisotopic (exact) mass is 301 g/mol. The van der Waals surface area contributed by atoms with Crippen LogP contribution in [0.2, 0.25) is 0 Å². The zero-order chi connectivity index (χ0) is 14.6. The second kappa shape index (κ2) is 30.7. The summed E-state index contributed by atoms with van der Waals surface area (Å²) in [6, 6.07) is 8.58. The fourth-order valence-electron chi connectivity index (χ4n) is 0.961. The van der Waals surface area contributed by atoms with E-state index in [1.54, 1.807) is 42.3 Å². The average molecular weight is 301 g/mol. The Kier molecular flexibility index (Phi) is 44.2. The van der Waals surface area contributed by atoms with E-state index in [0.717, 1.165) is 0 Å². The summed E-state index contributed by atoms with van der Waals surface area (Å²) in [4.78, 5) is 0. The number of nitrogens with zero attached hydrogens (tertiary/aromatic N) is 3. The van der Waals surface area contributed by atoms with E-state index in [9.17, 15) is 0 Å². The molecule has 0 aromatic heterocycles. The maximum absolute atomic E-state index is 3.50. The minimum absolute atomic E-state index is 0. The van der Waals surface area contributed by atoms with Crippen LogP contribution in [0.3, 0.4) is 0 Å². The van der Waals surface area contributed by atoms with E-state index in [1.165, 1.54) is 24.8 Å². The number of unbranched alkanes of at least 4 members (excludes halogenated alkanes) is 1. The van der Waals surface area contributed by atoms with Crippen LogP contribution in [0.15, 0.2) is 24.3 Å². The zero-order valence-corrected chi connectivity index (χ0v) is 15.3. The summed E-state index contributed by atoms with van der Waals surface area (Å²) in [6.45, 7) is 2.23. The van der Waals surface area contributed by atoms with Crippen LogP contribution >= 0.6 is 0 Å². The summed E-state index contributed by atoms with van der Waals surface area (Å²) >= 11 is 0. The second-order valence-electron chi connectivity index (χ2n) is 3.74. The van der Waals surface area contributed by atoms with E-state index in [2.05, 4.69) is 47.1 Å². The Bertz CT molecular complexity index is 185. The van der Waals surface area contributed by atoms with Crippen LogP contribution in [0.25, 0.3) is 16.0 Å². The van der Waals surface area contributed by atoms with Gasteiger partial charge in [-0.2, -0.15) is 60.0 Å². The first-order valence-corrected chi connectivity index (χ1v) is 6.32. The van der Waals surface area contributed by atoms with Gasteiger partial charge in [-0.25, -0.2) is 12.1 Å². The number of rotatable bonds is 3. The number of hydrogen-bond donors (Lipinski definition) is 0. The van der Waals surface area contributed by atoms with Crippen molar-refractivity contribution < 1.29 is 21.7 Å². The van der Waals surface area contributed by atoms with Crippen LogP contribution in [0, 0.1) is 0 Å². The van der Waals surface area contributed by atoms with Crippen LogP contribution in [0.4, 0.5) is 0 Å². The van der Waals surface area contributed by atoms with Crippen LogP contribution in [0.1, 0.15) is 25.3 Å². The standard InChI is InChI=1S/C9H13.3C2H6N.Ti/c1-2-3-6-9-7-4-5-8-9;3*1-3-2;/h4-5,7-8H,2-3,6H2,1H3;3*1-2H3;/q4*-1;+4. The molecular weight excluding hydrogens is 270 g/mol. The van der Waals surface area contributed by atoms with Crippen molar-refractivity contribution in [1.29, 1.82) is 0 Å². The van der Waals surface area contributed by atoms with E-state index in [0.29, 0.717) is 0 Å². The first-order valence-electron chi connectivity index (χ1n) is 6.32. The molecule has 110 valence electrons. The van der Waals surface area contributed by atoms with E-state index >= 15 is 0 Å². The Morgan fingerprint density at radius 3 is 1.37 bits per heavy atom. The predicted octanol–water partition coefficient (Wildman–Crippen LogP) is 4.60. The summed E-state index contributed by atoms with van der Waals surface area (Å²) in [5, 5.41) is 10.5. The molecular formula is C15H31N3Ti. The molecule has 0 aliphatic rings. The molecule has 3 nitrogen and oxygen atoms in total. The number of hydrogen-bond acceptors (Lipinski definition) is 0. The molecule has 0 aliphatic heterocycles. The normalized spacial score (nSPS) is 7.53. The van der Waals surface area contributed by atoms with Gasteiger partial charge in [-0.05, 0) is 0 Å². The molecule has 0 amide bonds. The van der Waals surface area contributed by atoms with Gasteiger partial charge < -0.3 is 16.0 Å². The van der Waals surface area contributed by atoms with Gasteiger partial charge in [-0.15, -0.1) is 0 Å². The Morgan fingerprint density at radius 1 is 0.789 bits per heavy atom. The van der Waals surface area contributed by atoms with Gasteiger partial charge in [-0.3, -0.25) is 0 Å². The molecule has 0 N–H and O–H groups in total. The maximum atomic E-state index is 3.50. The number of aryl methyl sites for hydroxylation is 1. The summed E-state index contributed by atoms with van der Waals surface area (Å²) in [7, 11) is 10.5. The molecule has 0 unspecified atom stereocenters. The third-order valence-corrected chi connectivity index (χ3v) is 1.55. The van der Waals surface area contributed by atoms with Crippen LogP contribution < -0.4 is 0 Å². The molecule has 1 rings (SSSR count). The topological polar surface area (TPSA) is 42.3 Å². The van der Waals surface area contributed by atoms with Crippen molar-refractivity contribution in [1.82, 2.24) is 0 Å². The fourth-order valence-corrected chi connectivity index (χ4v) is 0.961. The van der Waals surface area contributed by atoms with E-state index in [-0.39, 0.29) is 21.7 Å². The van der Waals surface area contributed by atoms with Gasteiger partial charge in [0.1, 0.15) is 0 Å². The van der Waals surface area contributed by atoms with Crippen LogP contribution in [0.5, 0.6) is 0 Å². The molecule has 0 aliphatic carbocycles. The predicted molar refractivity (Wildman–Crippen MR) is 86.3 cm³/mol. The summed E-state index contributed by atoms with van der Waals surface area (Å²) in [5.74, 6) is 0. The Morgan fingerprint density at radius 2 is 1.11 bits per heavy atom. The Hall–Kier alpha value is -0.0557. The minimum Gasteiger partial charge on any atom is -0.668 e. The molecule has 0 bridgehead atoms. The molecule has 0 atom stereocenters. The third-order valence-electron chi connectivity index (χ3n) is 1.55. The van der Waals surface area contributed by atoms with Crippen molar-refractivity contribution in [3.8, 4) is 0 Å². The van der Waals surface area contributed by atoms with E-state index < -0.39 is 0 Å². The maximum Gasteiger partial charge on any atom is 4.00 e. The van der Waals surface area contributed by atoms with E-state index in [4.69, 9.17) is 0 Å². The Labute approximate surface area is 136 Å². The SMILES string of the molecule is CCCC[c-]1cccc1.C[N-]C.C[N-]C.C[N-]C.[Ti+4]. The van der Waals surface area contributed by atoms with Gasteiger partial charge in [0.15, 0.2) is 0 Å². The van der Waals surface area contributed by atoms with E-state index in [1.807, 2.05) is 0 Å². The van der Waals surface area contributed by atoms with Crippen molar-refractivity contribution in [2.24, 2.45) is 0 Å². The molecule has 1 aromatic rings. The smallest absolute Gasteiger partial charge is 0.668 e.